The maximum atomic E-state index is 4.27. The summed E-state index contributed by atoms with van der Waals surface area (Å²) in [5.74, 6) is 0. The first-order valence-corrected chi connectivity index (χ1v) is 13.7. The summed E-state index contributed by atoms with van der Waals surface area (Å²) in [6.45, 7) is 2.30. The summed E-state index contributed by atoms with van der Waals surface area (Å²) in [5, 5.41) is 0. The van der Waals surface area contributed by atoms with Crippen molar-refractivity contribution in [1.82, 2.24) is 0 Å². The molecule has 0 aliphatic carbocycles. The summed E-state index contributed by atoms with van der Waals surface area (Å²) < 4.78 is 0. The molecule has 0 spiro atoms. The third kappa shape index (κ3) is 26.4. The lowest BCUT2D eigenvalue weighted by molar-refractivity contribution is 0.518. The monoisotopic (exact) mass is 396 g/mol. The molecule has 1 heteroatoms. The largest absolute Gasteiger partial charge is 0.0654 e. The van der Waals surface area contributed by atoms with Gasteiger partial charge in [0.25, 0.3) is 0 Å². The summed E-state index contributed by atoms with van der Waals surface area (Å²) >= 11 is 0. The second-order valence-corrected chi connectivity index (χ2v) is 9.30. The van der Waals surface area contributed by atoms with Crippen LogP contribution in [0.2, 0.25) is 0 Å². The van der Waals surface area contributed by atoms with Gasteiger partial charge in [0, 0.05) is 0 Å². The zero-order valence-corrected chi connectivity index (χ0v) is 20.0. The van der Waals surface area contributed by atoms with Gasteiger partial charge in [-0.15, -0.1) is 0 Å². The molecule has 0 N–H and O–H groups in total. The molecule has 0 aliphatic rings. The first-order chi connectivity index (χ1) is 13.4. The summed E-state index contributed by atoms with van der Waals surface area (Å²) in [7, 11) is 4.27. The highest BCUT2D eigenvalue weighted by Gasteiger charge is 1.95. The van der Waals surface area contributed by atoms with Crippen molar-refractivity contribution in [2.24, 2.45) is 0 Å². The van der Waals surface area contributed by atoms with Crippen molar-refractivity contribution in [3.63, 3.8) is 0 Å². The normalized spacial score (nSPS) is 11.3. The molecule has 0 amide bonds. The van der Waals surface area contributed by atoms with Crippen LogP contribution < -0.4 is 0 Å². The summed E-state index contributed by atoms with van der Waals surface area (Å²) in [6, 6.07) is 0. The lowest BCUT2D eigenvalue weighted by atomic mass is 10.0. The number of hydrogen-bond acceptors (Lipinski definition) is 0. The van der Waals surface area contributed by atoms with Crippen LogP contribution in [0.1, 0.15) is 161 Å². The molecule has 0 unspecified atom stereocenters. The Bertz CT molecular complexity index is 214. The highest BCUT2D eigenvalue weighted by molar-refractivity contribution is 7.16. The number of hydrogen-bond donors (Lipinski definition) is 0. The van der Waals surface area contributed by atoms with Crippen LogP contribution in [-0.4, -0.2) is 6.16 Å². The minimum absolute atomic E-state index is 1.07. The molecular weight excluding hydrogens is 343 g/mol. The first kappa shape index (κ1) is 27.4. The Labute approximate surface area is 176 Å². The molecule has 0 aromatic carbocycles. The quantitative estimate of drug-likeness (QED) is 0.112. The molecule has 27 heavy (non-hydrogen) atoms. The Kier molecular flexibility index (Phi) is 26.9. The third-order valence-corrected chi connectivity index (χ3v) is 6.33. The minimum atomic E-state index is 1.07. The molecule has 0 rings (SSSR count). The van der Waals surface area contributed by atoms with E-state index in [0.29, 0.717) is 0 Å². The van der Waals surface area contributed by atoms with E-state index in [4.69, 9.17) is 0 Å². The first-order valence-electron chi connectivity index (χ1n) is 13.0. The minimum Gasteiger partial charge on any atom is -0.0654 e. The molecule has 0 heterocycles. The predicted molar refractivity (Wildman–Crippen MR) is 128 cm³/mol. The zero-order chi connectivity index (χ0) is 19.7. The molecule has 0 saturated heterocycles. The van der Waals surface area contributed by atoms with Crippen LogP contribution in [0.4, 0.5) is 0 Å². The molecule has 0 aromatic heterocycles. The molecule has 2 radical (unpaired) electrons. The number of unbranched alkanes of at least 4 members (excludes halogenated alkanes) is 23. The van der Waals surface area contributed by atoms with Crippen LogP contribution in [0.25, 0.3) is 0 Å². The summed E-state index contributed by atoms with van der Waals surface area (Å²) in [6.07, 6.45) is 36.2. The van der Waals surface area contributed by atoms with E-state index in [1.807, 2.05) is 0 Å². The van der Waals surface area contributed by atoms with Gasteiger partial charge in [-0.3, -0.25) is 0 Å². The van der Waals surface area contributed by atoms with Gasteiger partial charge < -0.3 is 0 Å². The van der Waals surface area contributed by atoms with Crippen LogP contribution in [0.3, 0.4) is 0 Å². The van der Waals surface area contributed by atoms with Crippen molar-refractivity contribution in [3.05, 3.63) is 0 Å². The smallest absolute Gasteiger partial charge is 0.0242 e. The molecule has 0 bridgehead atoms. The van der Waals surface area contributed by atoms with Crippen LogP contribution in [0, 0.1) is 0 Å². The zero-order valence-electron chi connectivity index (χ0n) is 19.1. The maximum Gasteiger partial charge on any atom is -0.0242 e. The fourth-order valence-electron chi connectivity index (χ4n) is 4.07. The second-order valence-electron chi connectivity index (χ2n) is 8.86. The highest BCUT2D eigenvalue weighted by Crippen LogP contribution is 2.15. The average Bonchev–Trinajstić information content (AvgIpc) is 2.68. The third-order valence-electron chi connectivity index (χ3n) is 6.01. The molecule has 0 fully saturated rings. The van der Waals surface area contributed by atoms with Crippen molar-refractivity contribution in [2.75, 3.05) is 6.16 Å². The molecule has 0 atom stereocenters. The van der Waals surface area contributed by atoms with Gasteiger partial charge >= 0.3 is 0 Å². The molecule has 162 valence electrons. The van der Waals surface area contributed by atoms with Crippen molar-refractivity contribution >= 4 is 9.24 Å². The van der Waals surface area contributed by atoms with Crippen molar-refractivity contribution < 1.29 is 0 Å². The van der Waals surface area contributed by atoms with Gasteiger partial charge in [0.15, 0.2) is 0 Å². The van der Waals surface area contributed by atoms with E-state index < -0.39 is 0 Å². The van der Waals surface area contributed by atoms with E-state index >= 15 is 0 Å². The molecule has 0 aromatic rings. The van der Waals surface area contributed by atoms with Crippen LogP contribution in [-0.2, 0) is 0 Å². The van der Waals surface area contributed by atoms with Gasteiger partial charge in [-0.1, -0.05) is 155 Å². The Balaban J connectivity index is 2.95. The standard InChI is InChI=1S/C26H53P/c1-2-3-4-5-6-7-8-9-10-11-12-13-14-15-16-17-18-19-20-21-22-23-24-25-26-27/h2-26H2,1H3. The van der Waals surface area contributed by atoms with E-state index in [1.54, 1.807) is 0 Å². The van der Waals surface area contributed by atoms with Gasteiger partial charge in [0.1, 0.15) is 0 Å². The van der Waals surface area contributed by atoms with Crippen molar-refractivity contribution in [2.45, 2.75) is 161 Å². The van der Waals surface area contributed by atoms with Crippen LogP contribution >= 0.6 is 9.24 Å². The predicted octanol–water partition coefficient (Wildman–Crippen LogP) is 10.8. The van der Waals surface area contributed by atoms with Gasteiger partial charge in [-0.2, -0.15) is 0 Å². The Morgan fingerprint density at radius 1 is 0.296 bits per heavy atom. The Morgan fingerprint density at radius 3 is 0.667 bits per heavy atom. The Morgan fingerprint density at radius 2 is 0.481 bits per heavy atom. The molecular formula is C26H53P. The lowest BCUT2D eigenvalue weighted by Gasteiger charge is -2.04. The fourth-order valence-corrected chi connectivity index (χ4v) is 4.30. The van der Waals surface area contributed by atoms with Crippen molar-refractivity contribution in [3.8, 4) is 0 Å². The summed E-state index contributed by atoms with van der Waals surface area (Å²) in [4.78, 5) is 0. The SMILES string of the molecule is CCCCCCCCCCCCCCCCCCCCCCCCCC[P]. The van der Waals surface area contributed by atoms with E-state index in [9.17, 15) is 0 Å². The molecule has 0 saturated carbocycles. The van der Waals surface area contributed by atoms with Crippen LogP contribution in [0.5, 0.6) is 0 Å². The average molecular weight is 397 g/mol. The van der Waals surface area contributed by atoms with E-state index in [0.717, 1.165) is 6.16 Å². The highest BCUT2D eigenvalue weighted by atomic mass is 31.0. The van der Waals surface area contributed by atoms with Gasteiger partial charge in [-0.05, 0) is 21.8 Å². The number of rotatable bonds is 24. The topological polar surface area (TPSA) is 0 Å². The van der Waals surface area contributed by atoms with Gasteiger partial charge in [0.05, 0.1) is 0 Å². The molecule has 0 nitrogen and oxygen atoms in total. The van der Waals surface area contributed by atoms with Gasteiger partial charge in [-0.25, -0.2) is 0 Å². The second kappa shape index (κ2) is 26.4. The van der Waals surface area contributed by atoms with Gasteiger partial charge in [0.2, 0.25) is 0 Å². The van der Waals surface area contributed by atoms with E-state index in [2.05, 4.69) is 16.2 Å². The van der Waals surface area contributed by atoms with Crippen LogP contribution in [0.15, 0.2) is 0 Å². The summed E-state index contributed by atoms with van der Waals surface area (Å²) in [5.41, 5.74) is 0. The van der Waals surface area contributed by atoms with E-state index in [1.165, 1.54) is 154 Å². The molecule has 0 aliphatic heterocycles. The fraction of sp³-hybridized carbons (Fsp3) is 1.00. The lowest BCUT2D eigenvalue weighted by Crippen LogP contribution is -1.84. The van der Waals surface area contributed by atoms with Crippen molar-refractivity contribution in [1.29, 1.82) is 0 Å². The Hall–Kier alpha value is 0.430. The van der Waals surface area contributed by atoms with E-state index in [-0.39, 0.29) is 0 Å². The maximum absolute atomic E-state index is 4.27.